The second-order valence-corrected chi connectivity index (χ2v) is 5.25. The predicted octanol–water partition coefficient (Wildman–Crippen LogP) is 1.53. The van der Waals surface area contributed by atoms with Gasteiger partial charge in [-0.25, -0.2) is 4.79 Å². The summed E-state index contributed by atoms with van der Waals surface area (Å²) in [4.78, 5) is 24.3. The van der Waals surface area contributed by atoms with Crippen LogP contribution in [0.4, 0.5) is 4.79 Å². The molecule has 0 radical (unpaired) electrons. The predicted molar refractivity (Wildman–Crippen MR) is 75.4 cm³/mol. The van der Waals surface area contributed by atoms with Crippen LogP contribution in [-0.2, 0) is 14.9 Å². The molecule has 2 rings (SSSR count). The Kier molecular flexibility index (Phi) is 4.27. The van der Waals surface area contributed by atoms with Crippen molar-refractivity contribution in [2.45, 2.75) is 18.3 Å². The SMILES string of the molecule is COC(=O)N(C)CC(=O)NCC1(c2ccccc2)CC1. The number of benzene rings is 1. The van der Waals surface area contributed by atoms with Crippen molar-refractivity contribution in [2.24, 2.45) is 0 Å². The maximum atomic E-state index is 11.8. The molecule has 5 nitrogen and oxygen atoms in total. The van der Waals surface area contributed by atoms with Gasteiger partial charge >= 0.3 is 6.09 Å². The quantitative estimate of drug-likeness (QED) is 0.887. The fraction of sp³-hybridized carbons (Fsp3) is 0.467. The van der Waals surface area contributed by atoms with Crippen LogP contribution in [0.3, 0.4) is 0 Å². The third-order valence-corrected chi connectivity index (χ3v) is 3.73. The Balaban J connectivity index is 1.84. The first-order valence-corrected chi connectivity index (χ1v) is 6.69. The van der Waals surface area contributed by atoms with Gasteiger partial charge in [-0.3, -0.25) is 4.79 Å². The average Bonchev–Trinajstić information content (AvgIpc) is 3.26. The molecule has 1 aromatic carbocycles. The fourth-order valence-corrected chi connectivity index (χ4v) is 2.27. The Morgan fingerprint density at radius 2 is 1.95 bits per heavy atom. The van der Waals surface area contributed by atoms with E-state index in [0.717, 1.165) is 12.8 Å². The highest BCUT2D eigenvalue weighted by molar-refractivity contribution is 5.82. The van der Waals surface area contributed by atoms with Gasteiger partial charge in [0.05, 0.1) is 7.11 Å². The summed E-state index contributed by atoms with van der Waals surface area (Å²) in [5, 5.41) is 2.91. The van der Waals surface area contributed by atoms with E-state index >= 15 is 0 Å². The van der Waals surface area contributed by atoms with E-state index in [1.54, 1.807) is 0 Å². The Morgan fingerprint density at radius 1 is 1.30 bits per heavy atom. The van der Waals surface area contributed by atoms with Crippen molar-refractivity contribution in [3.63, 3.8) is 0 Å². The zero-order valence-corrected chi connectivity index (χ0v) is 11.9. The summed E-state index contributed by atoms with van der Waals surface area (Å²) < 4.78 is 4.55. The van der Waals surface area contributed by atoms with Crippen molar-refractivity contribution in [3.8, 4) is 0 Å². The third-order valence-electron chi connectivity index (χ3n) is 3.73. The lowest BCUT2D eigenvalue weighted by Gasteiger charge is -2.19. The van der Waals surface area contributed by atoms with Gasteiger partial charge in [0, 0.05) is 19.0 Å². The molecule has 0 spiro atoms. The second kappa shape index (κ2) is 5.94. The van der Waals surface area contributed by atoms with Crippen LogP contribution in [0, 0.1) is 0 Å². The molecule has 0 heterocycles. The van der Waals surface area contributed by atoms with Crippen molar-refractivity contribution in [2.75, 3.05) is 27.2 Å². The smallest absolute Gasteiger partial charge is 0.409 e. The molecule has 20 heavy (non-hydrogen) atoms. The molecule has 0 unspecified atom stereocenters. The molecule has 0 atom stereocenters. The highest BCUT2D eigenvalue weighted by Gasteiger charge is 2.44. The summed E-state index contributed by atoms with van der Waals surface area (Å²) in [6.07, 6.45) is 1.67. The molecule has 1 aliphatic rings. The van der Waals surface area contributed by atoms with Crippen molar-refractivity contribution in [3.05, 3.63) is 35.9 Å². The summed E-state index contributed by atoms with van der Waals surface area (Å²) in [6.45, 7) is 0.627. The van der Waals surface area contributed by atoms with Crippen LogP contribution in [0.1, 0.15) is 18.4 Å². The molecule has 1 fully saturated rings. The molecule has 1 aromatic rings. The van der Waals surface area contributed by atoms with Crippen LogP contribution in [0.5, 0.6) is 0 Å². The molecule has 1 aliphatic carbocycles. The van der Waals surface area contributed by atoms with Gasteiger partial charge in [0.1, 0.15) is 6.54 Å². The summed E-state index contributed by atoms with van der Waals surface area (Å²) in [5.74, 6) is -0.167. The van der Waals surface area contributed by atoms with Gasteiger partial charge in [0.2, 0.25) is 5.91 Å². The largest absolute Gasteiger partial charge is 0.453 e. The summed E-state index contributed by atoms with van der Waals surface area (Å²) in [6, 6.07) is 10.2. The number of likely N-dealkylation sites (N-methyl/N-ethyl adjacent to an activating group) is 1. The van der Waals surface area contributed by atoms with Crippen molar-refractivity contribution < 1.29 is 14.3 Å². The number of amides is 2. The van der Waals surface area contributed by atoms with E-state index in [9.17, 15) is 9.59 Å². The molecule has 1 N–H and O–H groups in total. The lowest BCUT2D eigenvalue weighted by Crippen LogP contribution is -2.41. The molecule has 1 saturated carbocycles. The topological polar surface area (TPSA) is 58.6 Å². The molecule has 0 aliphatic heterocycles. The van der Waals surface area contributed by atoms with Gasteiger partial charge in [-0.1, -0.05) is 30.3 Å². The van der Waals surface area contributed by atoms with E-state index in [-0.39, 0.29) is 17.9 Å². The number of carbonyl (C=O) groups is 2. The van der Waals surface area contributed by atoms with E-state index < -0.39 is 6.09 Å². The molecule has 108 valence electrons. The molecule has 2 amide bonds. The summed E-state index contributed by atoms with van der Waals surface area (Å²) >= 11 is 0. The van der Waals surface area contributed by atoms with Crippen molar-refractivity contribution in [1.29, 1.82) is 0 Å². The molecule has 0 saturated heterocycles. The molecule has 0 aromatic heterocycles. The Hall–Kier alpha value is -2.04. The maximum Gasteiger partial charge on any atom is 0.409 e. The number of nitrogens with one attached hydrogen (secondary N) is 1. The Morgan fingerprint density at radius 3 is 2.50 bits per heavy atom. The highest BCUT2D eigenvalue weighted by Crippen LogP contribution is 2.47. The lowest BCUT2D eigenvalue weighted by atomic mass is 9.96. The van der Waals surface area contributed by atoms with Crippen molar-refractivity contribution >= 4 is 12.0 Å². The number of hydrogen-bond donors (Lipinski definition) is 1. The number of ether oxygens (including phenoxy) is 1. The molecule has 5 heteroatoms. The van der Waals surface area contributed by atoms with Crippen LogP contribution < -0.4 is 5.32 Å². The monoisotopic (exact) mass is 276 g/mol. The standard InChI is InChI=1S/C15H20N2O3/c1-17(14(19)20-2)10-13(18)16-11-15(8-9-15)12-6-4-3-5-7-12/h3-7H,8-11H2,1-2H3,(H,16,18). The van der Waals surface area contributed by atoms with Crippen LogP contribution in [0.2, 0.25) is 0 Å². The Bertz CT molecular complexity index is 483. The number of rotatable bonds is 5. The zero-order valence-electron chi connectivity index (χ0n) is 11.9. The average molecular weight is 276 g/mol. The first-order valence-electron chi connectivity index (χ1n) is 6.69. The van der Waals surface area contributed by atoms with E-state index in [2.05, 4.69) is 22.2 Å². The van der Waals surface area contributed by atoms with Gasteiger partial charge in [-0.15, -0.1) is 0 Å². The maximum absolute atomic E-state index is 11.8. The van der Waals surface area contributed by atoms with Gasteiger partial charge < -0.3 is 15.0 Å². The van der Waals surface area contributed by atoms with E-state index in [1.165, 1.54) is 24.6 Å². The minimum Gasteiger partial charge on any atom is -0.453 e. The van der Waals surface area contributed by atoms with Crippen LogP contribution >= 0.6 is 0 Å². The number of hydrogen-bond acceptors (Lipinski definition) is 3. The minimum absolute atomic E-state index is 0.0115. The highest BCUT2D eigenvalue weighted by atomic mass is 16.5. The lowest BCUT2D eigenvalue weighted by molar-refractivity contribution is -0.121. The summed E-state index contributed by atoms with van der Waals surface area (Å²) in [5.41, 5.74) is 1.35. The van der Waals surface area contributed by atoms with E-state index in [0.29, 0.717) is 6.54 Å². The van der Waals surface area contributed by atoms with E-state index in [4.69, 9.17) is 0 Å². The van der Waals surface area contributed by atoms with Gasteiger partial charge in [-0.2, -0.15) is 0 Å². The van der Waals surface area contributed by atoms with Gasteiger partial charge in [0.15, 0.2) is 0 Å². The number of carbonyl (C=O) groups excluding carboxylic acids is 2. The normalized spacial score (nSPS) is 15.3. The fourth-order valence-electron chi connectivity index (χ4n) is 2.27. The van der Waals surface area contributed by atoms with Gasteiger partial charge in [0.25, 0.3) is 0 Å². The van der Waals surface area contributed by atoms with Crippen LogP contribution in [0.15, 0.2) is 30.3 Å². The molecular weight excluding hydrogens is 256 g/mol. The molecule has 0 bridgehead atoms. The number of nitrogens with zero attached hydrogens (tertiary/aromatic N) is 1. The Labute approximate surface area is 118 Å². The second-order valence-electron chi connectivity index (χ2n) is 5.25. The van der Waals surface area contributed by atoms with Gasteiger partial charge in [-0.05, 0) is 18.4 Å². The van der Waals surface area contributed by atoms with E-state index in [1.807, 2.05) is 18.2 Å². The number of methoxy groups -OCH3 is 1. The van der Waals surface area contributed by atoms with Crippen molar-refractivity contribution in [1.82, 2.24) is 10.2 Å². The zero-order chi connectivity index (χ0) is 14.6. The van der Waals surface area contributed by atoms with Crippen LogP contribution in [-0.4, -0.2) is 44.1 Å². The molecular formula is C15H20N2O3. The first kappa shape index (κ1) is 14.4. The minimum atomic E-state index is -0.510. The first-order chi connectivity index (χ1) is 9.57. The summed E-state index contributed by atoms with van der Waals surface area (Å²) in [7, 11) is 2.83. The third kappa shape index (κ3) is 3.29. The van der Waals surface area contributed by atoms with Crippen LogP contribution in [0.25, 0.3) is 0 Å².